The molecule has 1 aliphatic heterocycles. The van der Waals surface area contributed by atoms with Crippen LogP contribution in [0.1, 0.15) is 17.3 Å². The molecule has 1 atom stereocenters. The summed E-state index contributed by atoms with van der Waals surface area (Å²) in [4.78, 5) is 5.47. The van der Waals surface area contributed by atoms with Crippen molar-refractivity contribution in [3.05, 3.63) is 72.1 Å². The predicted octanol–water partition coefficient (Wildman–Crippen LogP) is 5.01. The van der Waals surface area contributed by atoms with E-state index < -0.39 is 35.9 Å². The third-order valence-electron chi connectivity index (χ3n) is 5.00. The molecule has 0 radical (unpaired) electrons. The fourth-order valence-electron chi connectivity index (χ4n) is 3.44. The smallest absolute Gasteiger partial charge is 0.416 e. The highest BCUT2D eigenvalue weighted by Gasteiger charge is 2.45. The zero-order chi connectivity index (χ0) is 24.5. The molecule has 1 saturated heterocycles. The molecule has 0 bridgehead atoms. The second kappa shape index (κ2) is 8.95. The van der Waals surface area contributed by atoms with Crippen LogP contribution in [0.3, 0.4) is 0 Å². The van der Waals surface area contributed by atoms with Crippen LogP contribution in [-0.4, -0.2) is 40.6 Å². The first-order valence-electron chi connectivity index (χ1n) is 9.85. The summed E-state index contributed by atoms with van der Waals surface area (Å²) in [5.74, 6) is -1.43. The summed E-state index contributed by atoms with van der Waals surface area (Å²) in [7, 11) is 0. The zero-order valence-electron chi connectivity index (χ0n) is 17.1. The number of hydrogen-bond acceptors (Lipinski definition) is 6. The van der Waals surface area contributed by atoms with Crippen LogP contribution < -0.4 is 15.0 Å². The molecule has 1 fully saturated rings. The molecular formula is C21H16F7N5O. The lowest BCUT2D eigenvalue weighted by atomic mass is 10.0. The molecule has 6 nitrogen and oxygen atoms in total. The van der Waals surface area contributed by atoms with E-state index in [4.69, 9.17) is 4.74 Å². The summed E-state index contributed by atoms with van der Waals surface area (Å²) in [6.45, 7) is 0.135. The van der Waals surface area contributed by atoms with Crippen LogP contribution in [0.25, 0.3) is 0 Å². The SMILES string of the molecule is Fc1cc(OC2CN(c3cccnc3C(Nc3ccnnc3)C(F)(F)F)C2)cc(C(F)(F)F)c1. The molecule has 4 rings (SSSR count). The van der Waals surface area contributed by atoms with E-state index in [9.17, 15) is 30.7 Å². The van der Waals surface area contributed by atoms with Gasteiger partial charge in [-0.25, -0.2) is 4.39 Å². The highest BCUT2D eigenvalue weighted by Crippen LogP contribution is 2.40. The van der Waals surface area contributed by atoms with Gasteiger partial charge < -0.3 is 15.0 Å². The number of hydrogen-bond donors (Lipinski definition) is 1. The summed E-state index contributed by atoms with van der Waals surface area (Å²) in [6, 6.07) is 3.93. The number of alkyl halides is 6. The Morgan fingerprint density at radius 1 is 1.00 bits per heavy atom. The van der Waals surface area contributed by atoms with Gasteiger partial charge in [0.1, 0.15) is 17.7 Å². The van der Waals surface area contributed by atoms with Crippen molar-refractivity contribution in [3.8, 4) is 5.75 Å². The van der Waals surface area contributed by atoms with Crippen molar-refractivity contribution in [1.82, 2.24) is 15.2 Å². The van der Waals surface area contributed by atoms with Crippen molar-refractivity contribution in [2.45, 2.75) is 24.5 Å². The van der Waals surface area contributed by atoms with Gasteiger partial charge in [0.15, 0.2) is 6.04 Å². The van der Waals surface area contributed by atoms with Crippen LogP contribution in [0.4, 0.5) is 42.1 Å². The third kappa shape index (κ3) is 5.29. The predicted molar refractivity (Wildman–Crippen MR) is 107 cm³/mol. The first-order chi connectivity index (χ1) is 16.0. The van der Waals surface area contributed by atoms with Crippen LogP contribution in [-0.2, 0) is 6.18 Å². The minimum Gasteiger partial charge on any atom is -0.487 e. The van der Waals surface area contributed by atoms with E-state index >= 15 is 0 Å². The van der Waals surface area contributed by atoms with E-state index in [1.54, 1.807) is 4.90 Å². The maximum absolute atomic E-state index is 13.9. The van der Waals surface area contributed by atoms with Gasteiger partial charge in [-0.1, -0.05) is 0 Å². The van der Waals surface area contributed by atoms with Crippen LogP contribution in [0.2, 0.25) is 0 Å². The number of rotatable bonds is 6. The van der Waals surface area contributed by atoms with Gasteiger partial charge in [0.05, 0.1) is 48.1 Å². The molecule has 0 spiro atoms. The highest BCUT2D eigenvalue weighted by molar-refractivity contribution is 5.57. The van der Waals surface area contributed by atoms with Gasteiger partial charge in [-0.3, -0.25) is 4.98 Å². The number of nitrogens with zero attached hydrogens (tertiary/aromatic N) is 4. The number of ether oxygens (including phenoxy) is 1. The fourth-order valence-corrected chi connectivity index (χ4v) is 3.44. The average molecular weight is 487 g/mol. The lowest BCUT2D eigenvalue weighted by Gasteiger charge is -2.42. The van der Waals surface area contributed by atoms with Crippen LogP contribution in [0.15, 0.2) is 55.0 Å². The van der Waals surface area contributed by atoms with Gasteiger partial charge in [-0.2, -0.15) is 36.5 Å². The Hall–Kier alpha value is -3.64. The van der Waals surface area contributed by atoms with Gasteiger partial charge in [0.25, 0.3) is 0 Å². The minimum absolute atomic E-state index is 0.0674. The molecule has 0 saturated carbocycles. The summed E-state index contributed by atoms with van der Waals surface area (Å²) in [5, 5.41) is 9.44. The first kappa shape index (κ1) is 23.5. The maximum Gasteiger partial charge on any atom is 0.416 e. The summed E-state index contributed by atoms with van der Waals surface area (Å²) in [6.07, 6.45) is -6.50. The summed E-state index contributed by atoms with van der Waals surface area (Å²) < 4.78 is 99.3. The van der Waals surface area contributed by atoms with E-state index in [2.05, 4.69) is 20.5 Å². The van der Waals surface area contributed by atoms with E-state index in [-0.39, 0.29) is 35.9 Å². The maximum atomic E-state index is 13.9. The number of benzene rings is 1. The van der Waals surface area contributed by atoms with Crippen molar-refractivity contribution in [3.63, 3.8) is 0 Å². The van der Waals surface area contributed by atoms with Crippen LogP contribution >= 0.6 is 0 Å². The van der Waals surface area contributed by atoms with Crippen molar-refractivity contribution < 1.29 is 35.5 Å². The molecule has 0 aliphatic carbocycles. The molecule has 2 aromatic heterocycles. The molecule has 1 unspecified atom stereocenters. The second-order valence-electron chi connectivity index (χ2n) is 7.48. The zero-order valence-corrected chi connectivity index (χ0v) is 17.1. The van der Waals surface area contributed by atoms with Gasteiger partial charge in [-0.05, 0) is 30.3 Å². The Morgan fingerprint density at radius 3 is 2.41 bits per heavy atom. The largest absolute Gasteiger partial charge is 0.487 e. The molecule has 180 valence electrons. The van der Waals surface area contributed by atoms with Gasteiger partial charge >= 0.3 is 12.4 Å². The van der Waals surface area contributed by atoms with Crippen LogP contribution in [0.5, 0.6) is 5.75 Å². The fraction of sp³-hybridized carbons (Fsp3) is 0.286. The number of anilines is 2. The number of aromatic nitrogens is 3. The standard InChI is InChI=1S/C21H16F7N5O/c22-13-6-12(20(23,24)25)7-15(8-13)34-16-10-33(11-16)17-2-1-4-29-18(17)19(21(26,27)28)32-14-3-5-30-31-9-14/h1-9,16,19H,10-11H2,(H,30,32). The van der Waals surface area contributed by atoms with Crippen LogP contribution in [0, 0.1) is 5.82 Å². The molecule has 3 aromatic rings. The average Bonchev–Trinajstić information content (AvgIpc) is 2.73. The van der Waals surface area contributed by atoms with E-state index in [1.165, 1.54) is 30.6 Å². The number of nitrogens with one attached hydrogen (secondary N) is 1. The third-order valence-corrected chi connectivity index (χ3v) is 5.00. The van der Waals surface area contributed by atoms with E-state index in [1.807, 2.05) is 0 Å². The molecule has 1 aliphatic rings. The Bertz CT molecular complexity index is 1130. The first-order valence-corrected chi connectivity index (χ1v) is 9.85. The number of pyridine rings is 1. The molecule has 34 heavy (non-hydrogen) atoms. The van der Waals surface area contributed by atoms with Gasteiger partial charge in [0, 0.05) is 12.3 Å². The van der Waals surface area contributed by atoms with Crippen molar-refractivity contribution in [2.24, 2.45) is 0 Å². The second-order valence-corrected chi connectivity index (χ2v) is 7.48. The normalized spacial score (nSPS) is 15.6. The highest BCUT2D eigenvalue weighted by atomic mass is 19.4. The molecule has 13 heteroatoms. The van der Waals surface area contributed by atoms with E-state index in [0.717, 1.165) is 12.3 Å². The van der Waals surface area contributed by atoms with Crippen molar-refractivity contribution in [1.29, 1.82) is 0 Å². The van der Waals surface area contributed by atoms with Gasteiger partial charge in [-0.15, -0.1) is 0 Å². The molecule has 0 amide bonds. The molecule has 1 aromatic carbocycles. The van der Waals surface area contributed by atoms with Crippen molar-refractivity contribution in [2.75, 3.05) is 23.3 Å². The van der Waals surface area contributed by atoms with Gasteiger partial charge in [0.2, 0.25) is 0 Å². The Kier molecular flexibility index (Phi) is 6.19. The Balaban J connectivity index is 1.51. The molecule has 1 N–H and O–H groups in total. The number of halogens is 7. The summed E-state index contributed by atoms with van der Waals surface area (Å²) in [5.41, 5.74) is -1.23. The molecule has 3 heterocycles. The summed E-state index contributed by atoms with van der Waals surface area (Å²) >= 11 is 0. The van der Waals surface area contributed by atoms with E-state index in [0.29, 0.717) is 12.1 Å². The Morgan fingerprint density at radius 2 is 1.76 bits per heavy atom. The topological polar surface area (TPSA) is 63.2 Å². The van der Waals surface area contributed by atoms with Crippen molar-refractivity contribution >= 4 is 11.4 Å². The lowest BCUT2D eigenvalue weighted by molar-refractivity contribution is -0.144. The lowest BCUT2D eigenvalue weighted by Crippen LogP contribution is -2.54. The Labute approximate surface area is 188 Å². The molecular weight excluding hydrogens is 471 g/mol. The minimum atomic E-state index is -4.75. The quantitative estimate of drug-likeness (QED) is 0.494. The monoisotopic (exact) mass is 487 g/mol.